The summed E-state index contributed by atoms with van der Waals surface area (Å²) in [5, 5.41) is 0. The Morgan fingerprint density at radius 1 is 1.02 bits per heavy atom. The maximum Gasteiger partial charge on any atom is 0.422 e. The van der Waals surface area contributed by atoms with Crippen LogP contribution in [0.2, 0.25) is 0 Å². The first-order valence-corrected chi connectivity index (χ1v) is 14.4. The fraction of sp³-hybridized carbons (Fsp3) is 0.576. The first kappa shape index (κ1) is 32.6. The molecule has 0 radical (unpaired) electrons. The summed E-state index contributed by atoms with van der Waals surface area (Å²) in [7, 11) is 0. The van der Waals surface area contributed by atoms with Crippen LogP contribution < -0.4 is 9.47 Å². The molecule has 1 fully saturated rings. The Labute approximate surface area is 240 Å². The van der Waals surface area contributed by atoms with Crippen LogP contribution >= 0.6 is 0 Å². The molecule has 0 spiro atoms. The molecule has 0 bridgehead atoms. The SMILES string of the molecule is CCOc1cc(C(C)C(CCCCc2ccccc2)C(=O)CC2(C(C)=O)CC(C)(F)C2)cc(OCC(F)(F)F)c1C. The molecule has 226 valence electrons. The zero-order valence-electron chi connectivity index (χ0n) is 24.7. The molecule has 0 N–H and O–H groups in total. The summed E-state index contributed by atoms with van der Waals surface area (Å²) in [6, 6.07) is 13.3. The van der Waals surface area contributed by atoms with E-state index in [1.54, 1.807) is 26.0 Å². The van der Waals surface area contributed by atoms with Crippen LogP contribution in [0.5, 0.6) is 11.5 Å². The zero-order chi connectivity index (χ0) is 30.4. The van der Waals surface area contributed by atoms with Gasteiger partial charge in [-0.05, 0) is 89.0 Å². The summed E-state index contributed by atoms with van der Waals surface area (Å²) < 4.78 is 64.3. The van der Waals surface area contributed by atoms with Gasteiger partial charge in [0.25, 0.3) is 0 Å². The van der Waals surface area contributed by atoms with E-state index in [-0.39, 0.29) is 36.6 Å². The minimum absolute atomic E-state index is 0.0185. The van der Waals surface area contributed by atoms with E-state index in [0.29, 0.717) is 29.9 Å². The summed E-state index contributed by atoms with van der Waals surface area (Å²) in [5.41, 5.74) is -0.213. The number of rotatable bonds is 15. The van der Waals surface area contributed by atoms with Gasteiger partial charge in [0.15, 0.2) is 6.61 Å². The molecule has 2 unspecified atom stereocenters. The Balaban J connectivity index is 1.88. The highest BCUT2D eigenvalue weighted by atomic mass is 19.4. The minimum atomic E-state index is -4.51. The normalized spacial score (nSPS) is 22.0. The highest BCUT2D eigenvalue weighted by molar-refractivity contribution is 5.92. The van der Waals surface area contributed by atoms with Gasteiger partial charge in [0.05, 0.1) is 6.61 Å². The van der Waals surface area contributed by atoms with Crippen molar-refractivity contribution in [2.24, 2.45) is 11.3 Å². The number of ether oxygens (including phenoxy) is 2. The summed E-state index contributed by atoms with van der Waals surface area (Å²) in [4.78, 5) is 26.4. The topological polar surface area (TPSA) is 52.6 Å². The molecule has 0 aromatic heterocycles. The van der Waals surface area contributed by atoms with E-state index in [2.05, 4.69) is 12.1 Å². The predicted molar refractivity (Wildman–Crippen MR) is 151 cm³/mol. The molecule has 2 aromatic carbocycles. The molecule has 8 heteroatoms. The summed E-state index contributed by atoms with van der Waals surface area (Å²) in [6.45, 7) is 7.02. The van der Waals surface area contributed by atoms with Crippen molar-refractivity contribution in [1.82, 2.24) is 0 Å². The van der Waals surface area contributed by atoms with Gasteiger partial charge >= 0.3 is 6.18 Å². The second-order valence-corrected chi connectivity index (χ2v) is 11.9. The van der Waals surface area contributed by atoms with Crippen molar-refractivity contribution in [3.05, 3.63) is 59.2 Å². The fourth-order valence-corrected chi connectivity index (χ4v) is 6.14. The zero-order valence-corrected chi connectivity index (χ0v) is 24.7. The molecule has 3 rings (SSSR count). The Morgan fingerprint density at radius 3 is 2.17 bits per heavy atom. The van der Waals surface area contributed by atoms with Crippen molar-refractivity contribution >= 4 is 11.6 Å². The molecule has 0 heterocycles. The van der Waals surface area contributed by atoms with E-state index in [1.165, 1.54) is 19.4 Å². The summed E-state index contributed by atoms with van der Waals surface area (Å²) >= 11 is 0. The van der Waals surface area contributed by atoms with E-state index < -0.39 is 35.7 Å². The third-order valence-electron chi connectivity index (χ3n) is 8.32. The van der Waals surface area contributed by atoms with Gasteiger partial charge in [-0.25, -0.2) is 4.39 Å². The molecule has 2 atom stereocenters. The number of carbonyl (C=O) groups excluding carboxylic acids is 2. The molecule has 0 saturated heterocycles. The van der Waals surface area contributed by atoms with E-state index in [0.717, 1.165) is 19.3 Å². The van der Waals surface area contributed by atoms with Gasteiger partial charge in [-0.15, -0.1) is 0 Å². The van der Waals surface area contributed by atoms with Crippen molar-refractivity contribution in [2.75, 3.05) is 13.2 Å². The van der Waals surface area contributed by atoms with Crippen molar-refractivity contribution < 1.29 is 36.6 Å². The lowest BCUT2D eigenvalue weighted by Gasteiger charge is -2.49. The van der Waals surface area contributed by atoms with E-state index in [9.17, 15) is 27.2 Å². The number of carbonyl (C=O) groups is 2. The van der Waals surface area contributed by atoms with Gasteiger partial charge in [0, 0.05) is 23.3 Å². The fourth-order valence-electron chi connectivity index (χ4n) is 6.14. The lowest BCUT2D eigenvalue weighted by atomic mass is 9.56. The second kappa shape index (κ2) is 13.4. The van der Waals surface area contributed by atoms with Crippen LogP contribution in [0.25, 0.3) is 0 Å². The number of benzene rings is 2. The van der Waals surface area contributed by atoms with Gasteiger partial charge < -0.3 is 9.47 Å². The van der Waals surface area contributed by atoms with E-state index in [1.807, 2.05) is 25.1 Å². The number of hydrogen-bond acceptors (Lipinski definition) is 4. The average molecular weight is 579 g/mol. The van der Waals surface area contributed by atoms with E-state index >= 15 is 0 Å². The number of halogens is 4. The number of unbranched alkanes of at least 4 members (excludes halogenated alkanes) is 1. The van der Waals surface area contributed by atoms with Gasteiger partial charge in [0.1, 0.15) is 28.7 Å². The largest absolute Gasteiger partial charge is 0.493 e. The molecule has 1 aliphatic carbocycles. The monoisotopic (exact) mass is 578 g/mol. The van der Waals surface area contributed by atoms with Crippen LogP contribution in [0, 0.1) is 18.3 Å². The Kier molecular flexibility index (Phi) is 10.6. The predicted octanol–water partition coefficient (Wildman–Crippen LogP) is 8.52. The van der Waals surface area contributed by atoms with Crippen molar-refractivity contribution in [3.63, 3.8) is 0 Å². The van der Waals surface area contributed by atoms with Crippen molar-refractivity contribution in [3.8, 4) is 11.5 Å². The first-order chi connectivity index (χ1) is 19.2. The minimum Gasteiger partial charge on any atom is -0.493 e. The first-order valence-electron chi connectivity index (χ1n) is 14.4. The molecule has 0 amide bonds. The molecule has 2 aromatic rings. The number of ketones is 2. The highest BCUT2D eigenvalue weighted by Gasteiger charge is 2.56. The molecule has 0 aliphatic heterocycles. The molecule has 1 aliphatic rings. The summed E-state index contributed by atoms with van der Waals surface area (Å²) in [6.07, 6.45) is -1.55. The maximum atomic E-state index is 14.5. The van der Waals surface area contributed by atoms with Crippen LogP contribution in [0.4, 0.5) is 17.6 Å². The summed E-state index contributed by atoms with van der Waals surface area (Å²) in [5.74, 6) is -0.767. The number of aryl methyl sites for hydroxylation is 1. The number of Topliss-reactive ketones (excluding diaryl/α,β-unsaturated/α-hetero) is 2. The highest BCUT2D eigenvalue weighted by Crippen LogP contribution is 2.54. The molecular formula is C33H42F4O4. The molecule has 4 nitrogen and oxygen atoms in total. The maximum absolute atomic E-state index is 14.5. The Hall–Kier alpha value is -2.90. The number of hydrogen-bond donors (Lipinski definition) is 0. The van der Waals surface area contributed by atoms with Crippen LogP contribution in [-0.2, 0) is 16.0 Å². The smallest absolute Gasteiger partial charge is 0.422 e. The second-order valence-electron chi connectivity index (χ2n) is 11.9. The third kappa shape index (κ3) is 8.79. The van der Waals surface area contributed by atoms with Gasteiger partial charge in [-0.3, -0.25) is 9.59 Å². The lowest BCUT2D eigenvalue weighted by molar-refractivity contribution is -0.153. The van der Waals surface area contributed by atoms with Crippen molar-refractivity contribution in [1.29, 1.82) is 0 Å². The average Bonchev–Trinajstić information content (AvgIpc) is 2.87. The standard InChI is InChI=1S/C33H42F4O4/c1-6-40-29-16-26(17-30(23(29)3)41-21-33(35,36)37)22(2)27(15-11-10-14-25-12-8-7-9-13-25)28(39)18-32(24(4)38)19-31(5,34)20-32/h7-9,12-13,16-17,22,27H,6,10-11,14-15,18-21H2,1-5H3. The lowest BCUT2D eigenvalue weighted by Crippen LogP contribution is -2.52. The Bertz CT molecular complexity index is 1180. The molecule has 1 saturated carbocycles. The van der Waals surface area contributed by atoms with E-state index in [4.69, 9.17) is 9.47 Å². The van der Waals surface area contributed by atoms with Gasteiger partial charge in [-0.1, -0.05) is 43.7 Å². The Morgan fingerprint density at radius 2 is 1.63 bits per heavy atom. The van der Waals surface area contributed by atoms with Crippen LogP contribution in [0.3, 0.4) is 0 Å². The molecule has 41 heavy (non-hydrogen) atoms. The quantitative estimate of drug-likeness (QED) is 0.157. The van der Waals surface area contributed by atoms with Gasteiger partial charge in [0.2, 0.25) is 0 Å². The van der Waals surface area contributed by atoms with Crippen molar-refractivity contribution in [2.45, 2.75) is 97.3 Å². The van der Waals surface area contributed by atoms with Crippen LogP contribution in [-0.4, -0.2) is 36.6 Å². The van der Waals surface area contributed by atoms with Crippen LogP contribution in [0.1, 0.15) is 88.8 Å². The van der Waals surface area contributed by atoms with Gasteiger partial charge in [-0.2, -0.15) is 13.2 Å². The number of alkyl halides is 4. The molecular weight excluding hydrogens is 536 g/mol. The van der Waals surface area contributed by atoms with Crippen LogP contribution in [0.15, 0.2) is 42.5 Å². The third-order valence-corrected chi connectivity index (χ3v) is 8.32.